The Morgan fingerprint density at radius 2 is 1.93 bits per heavy atom. The first-order valence-electron chi connectivity index (χ1n) is 8.56. The van der Waals surface area contributed by atoms with E-state index >= 15 is 0 Å². The monoisotopic (exact) mass is 407 g/mol. The number of anilines is 2. The predicted octanol–water partition coefficient (Wildman–Crippen LogP) is 1.73. The maximum atomic E-state index is 12.8. The number of hydrogen-bond donors (Lipinski definition) is 3. The highest BCUT2D eigenvalue weighted by Crippen LogP contribution is 2.28. The SMILES string of the molecule is O=C(NO)c1cc2ccc(S(=O)(=O)Nc3nonc3N3CCCCC3)cc2o1. The molecule has 12 heteroatoms. The van der Waals surface area contributed by atoms with Gasteiger partial charge in [-0.1, -0.05) is 0 Å². The lowest BCUT2D eigenvalue weighted by Gasteiger charge is -2.26. The summed E-state index contributed by atoms with van der Waals surface area (Å²) in [5.74, 6) is -0.613. The van der Waals surface area contributed by atoms with Crippen LogP contribution in [0.15, 0.2) is 38.2 Å². The van der Waals surface area contributed by atoms with Crippen molar-refractivity contribution in [3.8, 4) is 0 Å². The third kappa shape index (κ3) is 3.39. The average Bonchev–Trinajstić information content (AvgIpc) is 3.33. The summed E-state index contributed by atoms with van der Waals surface area (Å²) in [5.41, 5.74) is 1.64. The second-order valence-corrected chi connectivity index (χ2v) is 8.02. The molecular weight excluding hydrogens is 390 g/mol. The van der Waals surface area contributed by atoms with Gasteiger partial charge in [0.1, 0.15) is 5.58 Å². The molecule has 1 aliphatic heterocycles. The van der Waals surface area contributed by atoms with Crippen LogP contribution in [0, 0.1) is 0 Å². The molecule has 3 heterocycles. The van der Waals surface area contributed by atoms with Gasteiger partial charge in [-0.3, -0.25) is 14.7 Å². The number of piperidine rings is 1. The minimum atomic E-state index is -4.00. The number of nitrogens with zero attached hydrogens (tertiary/aromatic N) is 3. The highest BCUT2D eigenvalue weighted by molar-refractivity contribution is 7.92. The Hall–Kier alpha value is -3.12. The minimum Gasteiger partial charge on any atom is -0.451 e. The van der Waals surface area contributed by atoms with Gasteiger partial charge in [-0.15, -0.1) is 0 Å². The number of fused-ring (bicyclic) bond motifs is 1. The number of rotatable bonds is 5. The Morgan fingerprint density at radius 1 is 1.14 bits per heavy atom. The van der Waals surface area contributed by atoms with Crippen LogP contribution in [-0.4, -0.2) is 42.9 Å². The minimum absolute atomic E-state index is 0.0155. The molecule has 1 fully saturated rings. The summed E-state index contributed by atoms with van der Waals surface area (Å²) in [7, 11) is -4.00. The lowest BCUT2D eigenvalue weighted by Crippen LogP contribution is -2.30. The third-order valence-corrected chi connectivity index (χ3v) is 5.82. The quantitative estimate of drug-likeness (QED) is 0.424. The molecule has 0 spiro atoms. The number of nitrogens with one attached hydrogen (secondary N) is 2. The fourth-order valence-corrected chi connectivity index (χ4v) is 4.10. The summed E-state index contributed by atoms with van der Waals surface area (Å²) in [4.78, 5) is 13.3. The summed E-state index contributed by atoms with van der Waals surface area (Å²) in [5, 5.41) is 16.7. The van der Waals surface area contributed by atoms with Crippen molar-refractivity contribution in [2.75, 3.05) is 22.7 Å². The summed E-state index contributed by atoms with van der Waals surface area (Å²) >= 11 is 0. The fraction of sp³-hybridized carbons (Fsp3) is 0.312. The van der Waals surface area contributed by atoms with Crippen molar-refractivity contribution in [1.29, 1.82) is 0 Å². The first-order chi connectivity index (χ1) is 13.5. The van der Waals surface area contributed by atoms with Crippen molar-refractivity contribution in [2.24, 2.45) is 0 Å². The molecule has 28 heavy (non-hydrogen) atoms. The third-order valence-electron chi connectivity index (χ3n) is 4.49. The van der Waals surface area contributed by atoms with E-state index in [0.29, 0.717) is 11.2 Å². The van der Waals surface area contributed by atoms with E-state index in [1.165, 1.54) is 29.7 Å². The Morgan fingerprint density at radius 3 is 2.68 bits per heavy atom. The van der Waals surface area contributed by atoms with Crippen LogP contribution >= 0.6 is 0 Å². The summed E-state index contributed by atoms with van der Waals surface area (Å²) in [6.07, 6.45) is 3.08. The number of aromatic nitrogens is 2. The zero-order valence-electron chi connectivity index (χ0n) is 14.6. The summed E-state index contributed by atoms with van der Waals surface area (Å²) in [6, 6.07) is 5.53. The van der Waals surface area contributed by atoms with Gasteiger partial charge in [-0.05, 0) is 47.8 Å². The van der Waals surface area contributed by atoms with Crippen molar-refractivity contribution < 1.29 is 27.5 Å². The molecule has 0 saturated carbocycles. The molecule has 3 aromatic rings. The van der Waals surface area contributed by atoms with Gasteiger partial charge < -0.3 is 9.32 Å². The summed E-state index contributed by atoms with van der Waals surface area (Å²) in [6.45, 7) is 1.49. The molecular formula is C16H17N5O6S. The molecule has 0 aliphatic carbocycles. The first kappa shape index (κ1) is 18.3. The number of carbonyl (C=O) groups is 1. The lowest BCUT2D eigenvalue weighted by atomic mass is 10.1. The van der Waals surface area contributed by atoms with Crippen LogP contribution in [0.3, 0.4) is 0 Å². The highest BCUT2D eigenvalue weighted by atomic mass is 32.2. The maximum Gasteiger partial charge on any atom is 0.310 e. The smallest absolute Gasteiger partial charge is 0.310 e. The van der Waals surface area contributed by atoms with E-state index in [0.717, 1.165) is 32.4 Å². The van der Waals surface area contributed by atoms with Crippen LogP contribution in [0.2, 0.25) is 0 Å². The largest absolute Gasteiger partial charge is 0.451 e. The van der Waals surface area contributed by atoms with Gasteiger partial charge in [0, 0.05) is 24.5 Å². The van der Waals surface area contributed by atoms with Gasteiger partial charge >= 0.3 is 5.91 Å². The van der Waals surface area contributed by atoms with Crippen molar-refractivity contribution in [1.82, 2.24) is 15.8 Å². The van der Waals surface area contributed by atoms with Gasteiger partial charge in [0.2, 0.25) is 11.6 Å². The van der Waals surface area contributed by atoms with Crippen molar-refractivity contribution in [2.45, 2.75) is 24.2 Å². The molecule has 148 valence electrons. The van der Waals surface area contributed by atoms with Crippen molar-refractivity contribution in [3.05, 3.63) is 30.0 Å². The predicted molar refractivity (Wildman–Crippen MR) is 96.6 cm³/mol. The van der Waals surface area contributed by atoms with Crippen molar-refractivity contribution >= 4 is 38.5 Å². The topological polar surface area (TPSA) is 151 Å². The molecule has 1 saturated heterocycles. The van der Waals surface area contributed by atoms with Crippen LogP contribution in [0.25, 0.3) is 11.0 Å². The van der Waals surface area contributed by atoms with E-state index in [-0.39, 0.29) is 22.1 Å². The van der Waals surface area contributed by atoms with Gasteiger partial charge in [0.25, 0.3) is 10.0 Å². The maximum absolute atomic E-state index is 12.8. The Labute approximate surface area is 159 Å². The van der Waals surface area contributed by atoms with E-state index in [4.69, 9.17) is 14.3 Å². The highest BCUT2D eigenvalue weighted by Gasteiger charge is 2.25. The first-order valence-corrected chi connectivity index (χ1v) is 10.0. The second-order valence-electron chi connectivity index (χ2n) is 6.34. The molecule has 1 aromatic carbocycles. The Bertz CT molecular complexity index is 1120. The molecule has 2 aromatic heterocycles. The van der Waals surface area contributed by atoms with Crippen LogP contribution in [-0.2, 0) is 10.0 Å². The number of benzene rings is 1. The normalized spacial score (nSPS) is 15.0. The zero-order valence-corrected chi connectivity index (χ0v) is 15.4. The Kier molecular flexibility index (Phi) is 4.65. The molecule has 0 atom stereocenters. The van der Waals surface area contributed by atoms with Gasteiger partial charge in [0.15, 0.2) is 5.76 Å². The molecule has 0 bridgehead atoms. The fourth-order valence-electron chi connectivity index (χ4n) is 3.09. The number of sulfonamides is 1. The van der Waals surface area contributed by atoms with Gasteiger partial charge in [-0.2, -0.15) is 0 Å². The molecule has 4 rings (SSSR count). The van der Waals surface area contributed by atoms with Crippen LogP contribution < -0.4 is 15.1 Å². The van der Waals surface area contributed by atoms with E-state index < -0.39 is 15.9 Å². The standard InChI is InChI=1S/C16H17N5O6S/c22-16(17-23)13-8-10-4-5-11(9-12(10)26-13)28(24,25)20-14-15(19-27-18-14)21-6-2-1-3-7-21/h4-5,8-9,23H,1-3,6-7H2,(H,17,22)(H,18,20). The van der Waals surface area contributed by atoms with Gasteiger partial charge in [-0.25, -0.2) is 18.5 Å². The van der Waals surface area contributed by atoms with E-state index in [1.54, 1.807) is 0 Å². The number of carbonyl (C=O) groups excluding carboxylic acids is 1. The molecule has 11 nitrogen and oxygen atoms in total. The number of hydroxylamine groups is 1. The molecule has 1 amide bonds. The van der Waals surface area contributed by atoms with E-state index in [9.17, 15) is 13.2 Å². The summed E-state index contributed by atoms with van der Waals surface area (Å²) < 4.78 is 38.0. The number of hydrogen-bond acceptors (Lipinski definition) is 9. The lowest BCUT2D eigenvalue weighted by molar-refractivity contribution is 0.0678. The molecule has 0 radical (unpaired) electrons. The molecule has 0 unspecified atom stereocenters. The van der Waals surface area contributed by atoms with E-state index in [2.05, 4.69) is 15.0 Å². The van der Waals surface area contributed by atoms with Gasteiger partial charge in [0.05, 0.1) is 4.90 Å². The molecule has 3 N–H and O–H groups in total. The number of furan rings is 1. The van der Waals surface area contributed by atoms with Crippen LogP contribution in [0.4, 0.5) is 11.6 Å². The zero-order chi connectivity index (χ0) is 19.7. The van der Waals surface area contributed by atoms with Crippen LogP contribution in [0.5, 0.6) is 0 Å². The second kappa shape index (κ2) is 7.13. The van der Waals surface area contributed by atoms with E-state index in [1.807, 2.05) is 4.90 Å². The average molecular weight is 407 g/mol. The van der Waals surface area contributed by atoms with Crippen LogP contribution in [0.1, 0.15) is 29.8 Å². The molecule has 1 aliphatic rings. The Balaban J connectivity index is 1.62. The van der Waals surface area contributed by atoms with Crippen molar-refractivity contribution in [3.63, 3.8) is 0 Å². The number of amides is 1.